The Morgan fingerprint density at radius 1 is 1.58 bits per heavy atom. The molecule has 19 heavy (non-hydrogen) atoms. The molecule has 0 saturated heterocycles. The Hall–Kier alpha value is -0.390. The molecule has 106 valence electrons. The number of hydrogen-bond acceptors (Lipinski definition) is 3. The molecule has 1 aromatic rings. The van der Waals surface area contributed by atoms with Crippen molar-refractivity contribution in [1.82, 2.24) is 10.6 Å². The first-order chi connectivity index (χ1) is 9.06. The van der Waals surface area contributed by atoms with Gasteiger partial charge in [-0.1, -0.05) is 13.8 Å². The van der Waals surface area contributed by atoms with Crippen LogP contribution < -0.4 is 10.6 Å². The van der Waals surface area contributed by atoms with E-state index in [1.807, 2.05) is 11.3 Å². The molecule has 1 amide bonds. The van der Waals surface area contributed by atoms with E-state index in [1.54, 1.807) is 0 Å². The molecule has 0 aliphatic heterocycles. The van der Waals surface area contributed by atoms with Crippen LogP contribution in [0.15, 0.2) is 9.85 Å². The largest absolute Gasteiger partial charge is 0.355 e. The van der Waals surface area contributed by atoms with Gasteiger partial charge in [-0.3, -0.25) is 4.79 Å². The maximum Gasteiger partial charge on any atom is 0.233 e. The van der Waals surface area contributed by atoms with Crippen LogP contribution in [0.3, 0.4) is 0 Å². The minimum Gasteiger partial charge on any atom is -0.355 e. The van der Waals surface area contributed by atoms with Gasteiger partial charge < -0.3 is 10.6 Å². The van der Waals surface area contributed by atoms with Crippen LogP contribution >= 0.6 is 27.3 Å². The van der Waals surface area contributed by atoms with Crippen molar-refractivity contribution in [3.63, 3.8) is 0 Å². The minimum atomic E-state index is 0.0927. The van der Waals surface area contributed by atoms with Gasteiger partial charge in [0.1, 0.15) is 0 Å². The van der Waals surface area contributed by atoms with Gasteiger partial charge in [0.05, 0.1) is 10.3 Å². The van der Waals surface area contributed by atoms with E-state index in [0.717, 1.165) is 13.0 Å². The molecule has 1 aliphatic rings. The number of hydrogen-bond donors (Lipinski definition) is 2. The van der Waals surface area contributed by atoms with Crippen molar-refractivity contribution in [1.29, 1.82) is 0 Å². The number of fused-ring (bicyclic) bond motifs is 1. The fraction of sp³-hybridized carbons (Fsp3) is 0.643. The van der Waals surface area contributed by atoms with E-state index in [1.165, 1.54) is 27.1 Å². The van der Waals surface area contributed by atoms with Crippen molar-refractivity contribution >= 4 is 33.2 Å². The number of aryl methyl sites for hydroxylation is 1. The number of thiophene rings is 1. The van der Waals surface area contributed by atoms with E-state index >= 15 is 0 Å². The lowest BCUT2D eigenvalue weighted by molar-refractivity contribution is -0.120. The minimum absolute atomic E-state index is 0.0927. The fourth-order valence-corrected chi connectivity index (χ4v) is 4.15. The summed E-state index contributed by atoms with van der Waals surface area (Å²) in [4.78, 5) is 13.2. The lowest BCUT2D eigenvalue weighted by Gasteiger charge is -2.23. The highest BCUT2D eigenvalue weighted by Crippen LogP contribution is 2.37. The van der Waals surface area contributed by atoms with Crippen LogP contribution in [0.4, 0.5) is 0 Å². The first-order valence-corrected chi connectivity index (χ1v) is 8.45. The van der Waals surface area contributed by atoms with E-state index in [9.17, 15) is 4.79 Å². The van der Waals surface area contributed by atoms with Crippen molar-refractivity contribution < 1.29 is 4.79 Å². The Morgan fingerprint density at radius 3 is 3.11 bits per heavy atom. The van der Waals surface area contributed by atoms with Crippen molar-refractivity contribution in [2.45, 2.75) is 39.2 Å². The standard InChI is InChI=1S/C14H21BrN2OS/c1-9(2)7-17-14(18)8-16-11-4-3-5-12-10(11)6-13(15)19-12/h6,9,11,16H,3-5,7-8H2,1-2H3,(H,17,18). The number of nitrogens with one attached hydrogen (secondary N) is 2. The summed E-state index contributed by atoms with van der Waals surface area (Å²) >= 11 is 5.37. The summed E-state index contributed by atoms with van der Waals surface area (Å²) in [5, 5.41) is 6.33. The molecular weight excluding hydrogens is 324 g/mol. The highest BCUT2D eigenvalue weighted by atomic mass is 79.9. The van der Waals surface area contributed by atoms with Gasteiger partial charge in [0, 0.05) is 17.5 Å². The summed E-state index contributed by atoms with van der Waals surface area (Å²) in [5.74, 6) is 0.591. The third-order valence-electron chi connectivity index (χ3n) is 3.30. The summed E-state index contributed by atoms with van der Waals surface area (Å²) < 4.78 is 1.19. The second-order valence-electron chi connectivity index (χ2n) is 5.45. The van der Waals surface area contributed by atoms with E-state index in [2.05, 4.69) is 46.5 Å². The number of carbonyl (C=O) groups excluding carboxylic acids is 1. The van der Waals surface area contributed by atoms with Crippen LogP contribution in [-0.4, -0.2) is 19.0 Å². The third-order valence-corrected chi connectivity index (χ3v) is 5.01. The number of halogens is 1. The van der Waals surface area contributed by atoms with Gasteiger partial charge in [-0.25, -0.2) is 0 Å². The van der Waals surface area contributed by atoms with Gasteiger partial charge >= 0.3 is 0 Å². The molecular formula is C14H21BrN2OS. The average molecular weight is 345 g/mol. The molecule has 1 aromatic heterocycles. The smallest absolute Gasteiger partial charge is 0.233 e. The quantitative estimate of drug-likeness (QED) is 0.860. The lowest BCUT2D eigenvalue weighted by Crippen LogP contribution is -2.37. The first-order valence-electron chi connectivity index (χ1n) is 6.84. The number of rotatable bonds is 5. The monoisotopic (exact) mass is 344 g/mol. The van der Waals surface area contributed by atoms with Crippen molar-refractivity contribution in [2.75, 3.05) is 13.1 Å². The summed E-state index contributed by atoms with van der Waals surface area (Å²) in [6, 6.07) is 2.53. The summed E-state index contributed by atoms with van der Waals surface area (Å²) in [6.45, 7) is 5.36. The number of carbonyl (C=O) groups is 1. The van der Waals surface area contributed by atoms with E-state index in [-0.39, 0.29) is 5.91 Å². The van der Waals surface area contributed by atoms with Crippen LogP contribution in [0, 0.1) is 5.92 Å². The Bertz CT molecular complexity index is 445. The summed E-state index contributed by atoms with van der Waals surface area (Å²) in [7, 11) is 0. The van der Waals surface area contributed by atoms with Gasteiger partial charge in [-0.05, 0) is 52.7 Å². The van der Waals surface area contributed by atoms with Crippen LogP contribution in [0.25, 0.3) is 0 Å². The average Bonchev–Trinajstić information content (AvgIpc) is 2.74. The molecule has 3 nitrogen and oxygen atoms in total. The highest BCUT2D eigenvalue weighted by molar-refractivity contribution is 9.11. The molecule has 2 N–H and O–H groups in total. The Labute approximate surface area is 127 Å². The normalized spacial score (nSPS) is 18.4. The molecule has 0 bridgehead atoms. The van der Waals surface area contributed by atoms with Crippen LogP contribution in [0.5, 0.6) is 0 Å². The lowest BCUT2D eigenvalue weighted by atomic mass is 9.94. The molecule has 0 spiro atoms. The number of amides is 1. The van der Waals surface area contributed by atoms with Crippen molar-refractivity contribution in [3.05, 3.63) is 20.3 Å². The zero-order valence-electron chi connectivity index (χ0n) is 11.5. The molecule has 5 heteroatoms. The van der Waals surface area contributed by atoms with E-state index < -0.39 is 0 Å². The predicted octanol–water partition coefficient (Wildman–Crippen LogP) is 3.25. The van der Waals surface area contributed by atoms with Crippen LogP contribution in [0.1, 0.15) is 43.2 Å². The topological polar surface area (TPSA) is 41.1 Å². The molecule has 1 aliphatic carbocycles. The van der Waals surface area contributed by atoms with Crippen molar-refractivity contribution in [2.24, 2.45) is 5.92 Å². The maximum absolute atomic E-state index is 11.7. The Kier molecular flexibility index (Phi) is 5.42. The molecule has 1 heterocycles. The molecule has 0 fully saturated rings. The highest BCUT2D eigenvalue weighted by Gasteiger charge is 2.22. The van der Waals surface area contributed by atoms with Gasteiger partial charge in [0.2, 0.25) is 5.91 Å². The third kappa shape index (κ3) is 4.29. The van der Waals surface area contributed by atoms with E-state index in [0.29, 0.717) is 18.5 Å². The fourth-order valence-electron chi connectivity index (χ4n) is 2.33. The van der Waals surface area contributed by atoms with Crippen LogP contribution in [0.2, 0.25) is 0 Å². The summed E-state index contributed by atoms with van der Waals surface area (Å²) in [6.07, 6.45) is 3.49. The molecule has 2 rings (SSSR count). The second kappa shape index (κ2) is 6.86. The van der Waals surface area contributed by atoms with Crippen molar-refractivity contribution in [3.8, 4) is 0 Å². The molecule has 1 atom stereocenters. The molecule has 1 unspecified atom stereocenters. The van der Waals surface area contributed by atoms with Gasteiger partial charge in [0.25, 0.3) is 0 Å². The molecule has 0 radical (unpaired) electrons. The zero-order valence-corrected chi connectivity index (χ0v) is 13.9. The molecule has 0 saturated carbocycles. The molecule has 0 aromatic carbocycles. The Morgan fingerprint density at radius 2 is 2.37 bits per heavy atom. The van der Waals surface area contributed by atoms with E-state index in [4.69, 9.17) is 0 Å². The Balaban J connectivity index is 1.85. The maximum atomic E-state index is 11.7. The first kappa shape index (κ1) is 15.0. The SMILES string of the molecule is CC(C)CNC(=O)CNC1CCCc2sc(Br)cc21. The zero-order chi connectivity index (χ0) is 13.8. The predicted molar refractivity (Wildman–Crippen MR) is 83.5 cm³/mol. The van der Waals surface area contributed by atoms with Gasteiger partial charge in [0.15, 0.2) is 0 Å². The van der Waals surface area contributed by atoms with Gasteiger partial charge in [-0.15, -0.1) is 11.3 Å². The second-order valence-corrected chi connectivity index (χ2v) is 7.97. The summed E-state index contributed by atoms with van der Waals surface area (Å²) in [5.41, 5.74) is 1.37. The van der Waals surface area contributed by atoms with Gasteiger partial charge in [-0.2, -0.15) is 0 Å². The van der Waals surface area contributed by atoms with Crippen LogP contribution in [-0.2, 0) is 11.2 Å².